The van der Waals surface area contributed by atoms with Gasteiger partial charge in [-0.1, -0.05) is 35.0 Å². The molecule has 2 aliphatic rings. The van der Waals surface area contributed by atoms with E-state index in [0.29, 0.717) is 25.4 Å². The van der Waals surface area contributed by atoms with E-state index in [1.165, 1.54) is 0 Å². The zero-order valence-corrected chi connectivity index (χ0v) is 15.5. The lowest BCUT2D eigenvalue weighted by Gasteiger charge is -2.23. The van der Waals surface area contributed by atoms with Crippen LogP contribution in [0, 0.1) is 23.7 Å². The molecule has 4 nitrogen and oxygen atoms in total. The molecule has 1 unspecified atom stereocenters. The second kappa shape index (κ2) is 7.26. The molecule has 0 aromatic heterocycles. The van der Waals surface area contributed by atoms with Crippen LogP contribution < -0.4 is 0 Å². The van der Waals surface area contributed by atoms with E-state index in [2.05, 4.69) is 15.9 Å². The number of carbonyl (C=O) groups is 2. The molecule has 1 heterocycles. The zero-order chi connectivity index (χ0) is 17.3. The highest BCUT2D eigenvalue weighted by atomic mass is 79.9. The highest BCUT2D eigenvalue weighted by molar-refractivity contribution is 9.10. The molecule has 1 aliphatic heterocycles. The number of nitrogens with zero attached hydrogens (tertiary/aromatic N) is 1. The standard InChI is InChI=1S/C19H24BrNO3/c1-2-13(8-12-4-3-5-15(20)9-12)18(22)21-10-16(14-6-7-14)17(11-21)19(23)24/h3-5,9,13-14,16-17H,2,6-8,10-11H2,1H3,(H,23,24)/t13?,16-,17+/m1/s1. The molecule has 3 atom stereocenters. The minimum atomic E-state index is -0.748. The van der Waals surface area contributed by atoms with Crippen molar-refractivity contribution in [2.75, 3.05) is 13.1 Å². The van der Waals surface area contributed by atoms with Gasteiger partial charge in [0.15, 0.2) is 0 Å². The molecule has 24 heavy (non-hydrogen) atoms. The lowest BCUT2D eigenvalue weighted by Crippen LogP contribution is -2.36. The molecule has 1 saturated heterocycles. The fourth-order valence-electron chi connectivity index (χ4n) is 3.89. The summed E-state index contributed by atoms with van der Waals surface area (Å²) in [5, 5.41) is 9.48. The number of benzene rings is 1. The quantitative estimate of drug-likeness (QED) is 0.803. The highest BCUT2D eigenvalue weighted by Gasteiger charge is 2.47. The van der Waals surface area contributed by atoms with Crippen molar-refractivity contribution >= 4 is 27.8 Å². The summed E-state index contributed by atoms with van der Waals surface area (Å²) in [7, 11) is 0. The molecule has 2 fully saturated rings. The van der Waals surface area contributed by atoms with Crippen LogP contribution in [0.15, 0.2) is 28.7 Å². The van der Waals surface area contributed by atoms with Gasteiger partial charge in [-0.05, 0) is 55.2 Å². The Morgan fingerprint density at radius 2 is 2.08 bits per heavy atom. The Kier molecular flexibility index (Phi) is 5.28. The minimum Gasteiger partial charge on any atom is -0.481 e. The van der Waals surface area contributed by atoms with Crippen molar-refractivity contribution in [3.05, 3.63) is 34.3 Å². The fourth-order valence-corrected chi connectivity index (χ4v) is 4.33. The largest absolute Gasteiger partial charge is 0.481 e. The van der Waals surface area contributed by atoms with Crippen molar-refractivity contribution in [3.63, 3.8) is 0 Å². The van der Waals surface area contributed by atoms with E-state index < -0.39 is 5.97 Å². The number of halogens is 1. The van der Waals surface area contributed by atoms with Crippen molar-refractivity contribution in [2.45, 2.75) is 32.6 Å². The van der Waals surface area contributed by atoms with Crippen molar-refractivity contribution in [1.29, 1.82) is 0 Å². The average Bonchev–Trinajstić information content (AvgIpc) is 3.30. The number of aliphatic carboxylic acids is 1. The molecular formula is C19H24BrNO3. The van der Waals surface area contributed by atoms with Gasteiger partial charge in [-0.15, -0.1) is 0 Å². The van der Waals surface area contributed by atoms with E-state index in [0.717, 1.165) is 29.3 Å². The van der Waals surface area contributed by atoms with Crippen LogP contribution in [0.2, 0.25) is 0 Å². The number of rotatable bonds is 6. The third kappa shape index (κ3) is 3.82. The summed E-state index contributed by atoms with van der Waals surface area (Å²) in [5.41, 5.74) is 1.14. The second-order valence-electron chi connectivity index (χ2n) is 7.13. The summed E-state index contributed by atoms with van der Waals surface area (Å²) in [6.45, 7) is 3.03. The number of carboxylic acid groups (broad SMARTS) is 1. The maximum absolute atomic E-state index is 12.9. The van der Waals surface area contributed by atoms with Gasteiger partial charge in [-0.25, -0.2) is 0 Å². The third-order valence-electron chi connectivity index (χ3n) is 5.43. The first-order valence-corrected chi connectivity index (χ1v) is 9.55. The second-order valence-corrected chi connectivity index (χ2v) is 8.04. The number of hydrogen-bond acceptors (Lipinski definition) is 2. The molecule has 1 aromatic rings. The topological polar surface area (TPSA) is 57.6 Å². The minimum absolute atomic E-state index is 0.0771. The maximum Gasteiger partial charge on any atom is 0.308 e. The lowest BCUT2D eigenvalue weighted by molar-refractivity contribution is -0.143. The predicted molar refractivity (Wildman–Crippen MR) is 95.5 cm³/mol. The summed E-state index contributed by atoms with van der Waals surface area (Å²) in [5.74, 6) is -0.436. The molecule has 3 rings (SSSR count). The summed E-state index contributed by atoms with van der Waals surface area (Å²) in [4.78, 5) is 26.3. The molecule has 130 valence electrons. The van der Waals surface area contributed by atoms with Gasteiger partial charge in [0, 0.05) is 23.5 Å². The Labute approximate surface area is 151 Å². The number of likely N-dealkylation sites (tertiary alicyclic amines) is 1. The van der Waals surface area contributed by atoms with Gasteiger partial charge in [-0.3, -0.25) is 9.59 Å². The van der Waals surface area contributed by atoms with Gasteiger partial charge in [0.1, 0.15) is 0 Å². The van der Waals surface area contributed by atoms with Crippen LogP contribution in [0.5, 0.6) is 0 Å². The fraction of sp³-hybridized carbons (Fsp3) is 0.579. The third-order valence-corrected chi connectivity index (χ3v) is 5.93. The molecule has 1 N–H and O–H groups in total. The lowest BCUT2D eigenvalue weighted by atomic mass is 9.92. The van der Waals surface area contributed by atoms with Crippen LogP contribution in [-0.4, -0.2) is 35.0 Å². The van der Waals surface area contributed by atoms with Crippen LogP contribution in [-0.2, 0) is 16.0 Å². The number of carbonyl (C=O) groups excluding carboxylic acids is 1. The summed E-state index contributed by atoms with van der Waals surface area (Å²) in [6, 6.07) is 8.05. The monoisotopic (exact) mass is 393 g/mol. The van der Waals surface area contributed by atoms with Crippen molar-refractivity contribution in [1.82, 2.24) is 4.90 Å². The van der Waals surface area contributed by atoms with Crippen LogP contribution in [0.1, 0.15) is 31.7 Å². The number of amides is 1. The van der Waals surface area contributed by atoms with E-state index in [-0.39, 0.29) is 23.7 Å². The number of hydrogen-bond donors (Lipinski definition) is 1. The van der Waals surface area contributed by atoms with Crippen molar-refractivity contribution in [3.8, 4) is 0 Å². The smallest absolute Gasteiger partial charge is 0.308 e. The first-order valence-electron chi connectivity index (χ1n) is 8.75. The van der Waals surface area contributed by atoms with E-state index in [4.69, 9.17) is 0 Å². The Balaban J connectivity index is 1.68. The Morgan fingerprint density at radius 1 is 1.33 bits per heavy atom. The van der Waals surface area contributed by atoms with Crippen LogP contribution >= 0.6 is 15.9 Å². The maximum atomic E-state index is 12.9. The summed E-state index contributed by atoms with van der Waals surface area (Å²) < 4.78 is 1.02. The number of carboxylic acids is 1. The first-order chi connectivity index (χ1) is 11.5. The van der Waals surface area contributed by atoms with Gasteiger partial charge in [0.2, 0.25) is 5.91 Å². The van der Waals surface area contributed by atoms with E-state index >= 15 is 0 Å². The average molecular weight is 394 g/mol. The summed E-state index contributed by atoms with van der Waals surface area (Å²) in [6.07, 6.45) is 3.71. The van der Waals surface area contributed by atoms with Crippen molar-refractivity contribution in [2.24, 2.45) is 23.7 Å². The Bertz CT molecular complexity index is 629. The van der Waals surface area contributed by atoms with E-state index in [9.17, 15) is 14.7 Å². The Hall–Kier alpha value is -1.36. The first kappa shape index (κ1) is 17.5. The van der Waals surface area contributed by atoms with Gasteiger partial charge in [0.05, 0.1) is 5.92 Å². The Morgan fingerprint density at radius 3 is 2.67 bits per heavy atom. The SMILES string of the molecule is CCC(Cc1cccc(Br)c1)C(=O)N1C[C@H](C(=O)O)[C@@H](C2CC2)C1. The predicted octanol–water partition coefficient (Wildman–Crippen LogP) is 3.59. The molecule has 1 aliphatic carbocycles. The normalized spacial score (nSPS) is 24.8. The van der Waals surface area contributed by atoms with Gasteiger partial charge < -0.3 is 10.0 Å². The van der Waals surface area contributed by atoms with Gasteiger partial charge in [0.25, 0.3) is 0 Å². The van der Waals surface area contributed by atoms with Crippen LogP contribution in [0.3, 0.4) is 0 Å². The molecule has 0 radical (unpaired) electrons. The molecule has 1 aromatic carbocycles. The van der Waals surface area contributed by atoms with Gasteiger partial charge >= 0.3 is 5.97 Å². The molecule has 1 saturated carbocycles. The van der Waals surface area contributed by atoms with E-state index in [1.54, 1.807) is 0 Å². The zero-order valence-electron chi connectivity index (χ0n) is 14.0. The molecule has 0 bridgehead atoms. The van der Waals surface area contributed by atoms with E-state index in [1.807, 2.05) is 36.1 Å². The van der Waals surface area contributed by atoms with Crippen LogP contribution in [0.4, 0.5) is 0 Å². The molecule has 1 amide bonds. The van der Waals surface area contributed by atoms with Crippen LogP contribution in [0.25, 0.3) is 0 Å². The molecular weight excluding hydrogens is 370 g/mol. The van der Waals surface area contributed by atoms with Crippen molar-refractivity contribution < 1.29 is 14.7 Å². The van der Waals surface area contributed by atoms with Gasteiger partial charge in [-0.2, -0.15) is 0 Å². The molecule has 5 heteroatoms. The molecule has 0 spiro atoms. The summed E-state index contributed by atoms with van der Waals surface area (Å²) >= 11 is 3.47. The highest BCUT2D eigenvalue weighted by Crippen LogP contribution is 2.44.